The van der Waals surface area contributed by atoms with Crippen molar-refractivity contribution in [3.05, 3.63) is 0 Å². The molecule has 2 aliphatic heterocycles. The quantitative estimate of drug-likeness (QED) is 0.724. The van der Waals surface area contributed by atoms with Gasteiger partial charge in [0.2, 0.25) is 0 Å². The van der Waals surface area contributed by atoms with Gasteiger partial charge in [-0.25, -0.2) is 0 Å². The van der Waals surface area contributed by atoms with E-state index in [2.05, 4.69) is 24.1 Å². The van der Waals surface area contributed by atoms with E-state index in [1.807, 2.05) is 0 Å². The van der Waals surface area contributed by atoms with Crippen molar-refractivity contribution in [3.63, 3.8) is 0 Å². The smallest absolute Gasteiger partial charge is 0.0687 e. The molecule has 2 N–H and O–H groups in total. The highest BCUT2D eigenvalue weighted by Gasteiger charge is 2.36. The molecule has 88 valence electrons. The van der Waals surface area contributed by atoms with Crippen molar-refractivity contribution in [2.45, 2.75) is 51.3 Å². The Kier molecular flexibility index (Phi) is 3.65. The van der Waals surface area contributed by atoms with Crippen molar-refractivity contribution in [2.75, 3.05) is 19.6 Å². The fourth-order valence-corrected chi connectivity index (χ4v) is 2.83. The SMILES string of the molecule is CC(C)C(O)CNC1CCN2CCCC12. The van der Waals surface area contributed by atoms with Crippen molar-refractivity contribution >= 4 is 0 Å². The van der Waals surface area contributed by atoms with Crippen LogP contribution in [-0.4, -0.2) is 47.8 Å². The molecule has 3 nitrogen and oxygen atoms in total. The Morgan fingerprint density at radius 3 is 2.87 bits per heavy atom. The minimum atomic E-state index is -0.194. The number of rotatable bonds is 4. The van der Waals surface area contributed by atoms with Crippen LogP contribution in [0.4, 0.5) is 0 Å². The van der Waals surface area contributed by atoms with Crippen molar-refractivity contribution < 1.29 is 5.11 Å². The van der Waals surface area contributed by atoms with E-state index in [9.17, 15) is 5.11 Å². The van der Waals surface area contributed by atoms with Crippen molar-refractivity contribution in [1.82, 2.24) is 10.2 Å². The maximum atomic E-state index is 9.75. The highest BCUT2D eigenvalue weighted by molar-refractivity contribution is 4.95. The molecule has 2 heterocycles. The third kappa shape index (κ3) is 2.52. The van der Waals surface area contributed by atoms with E-state index in [1.165, 1.54) is 32.4 Å². The molecule has 2 fully saturated rings. The summed E-state index contributed by atoms with van der Waals surface area (Å²) in [7, 11) is 0. The summed E-state index contributed by atoms with van der Waals surface area (Å²) >= 11 is 0. The first-order valence-corrected chi connectivity index (χ1v) is 6.34. The Morgan fingerprint density at radius 2 is 2.13 bits per heavy atom. The molecule has 0 saturated carbocycles. The van der Waals surface area contributed by atoms with E-state index in [-0.39, 0.29) is 6.10 Å². The van der Waals surface area contributed by atoms with Gasteiger partial charge in [0, 0.05) is 25.2 Å². The number of fused-ring (bicyclic) bond motifs is 1. The third-order valence-corrected chi connectivity index (χ3v) is 3.96. The second kappa shape index (κ2) is 4.81. The van der Waals surface area contributed by atoms with E-state index in [4.69, 9.17) is 0 Å². The molecular weight excluding hydrogens is 188 g/mol. The highest BCUT2D eigenvalue weighted by Crippen LogP contribution is 2.27. The molecule has 0 aromatic carbocycles. The number of nitrogens with zero attached hydrogens (tertiary/aromatic N) is 1. The summed E-state index contributed by atoms with van der Waals surface area (Å²) in [6, 6.07) is 1.38. The summed E-state index contributed by atoms with van der Waals surface area (Å²) in [5.74, 6) is 0.360. The average Bonchev–Trinajstić information content (AvgIpc) is 2.76. The minimum absolute atomic E-state index is 0.194. The maximum Gasteiger partial charge on any atom is 0.0687 e. The van der Waals surface area contributed by atoms with Crippen molar-refractivity contribution in [2.24, 2.45) is 5.92 Å². The van der Waals surface area contributed by atoms with Crippen LogP contribution in [0.1, 0.15) is 33.1 Å². The van der Waals surface area contributed by atoms with Crippen LogP contribution in [0.5, 0.6) is 0 Å². The zero-order valence-corrected chi connectivity index (χ0v) is 9.95. The van der Waals surface area contributed by atoms with E-state index in [0.717, 1.165) is 12.6 Å². The Bertz CT molecular complexity index is 208. The van der Waals surface area contributed by atoms with Crippen molar-refractivity contribution in [1.29, 1.82) is 0 Å². The van der Waals surface area contributed by atoms with Gasteiger partial charge in [-0.3, -0.25) is 4.90 Å². The van der Waals surface area contributed by atoms with Crippen LogP contribution in [0.25, 0.3) is 0 Å². The first-order chi connectivity index (χ1) is 7.18. The molecule has 2 saturated heterocycles. The van der Waals surface area contributed by atoms with E-state index < -0.39 is 0 Å². The lowest BCUT2D eigenvalue weighted by Gasteiger charge is -2.23. The zero-order valence-electron chi connectivity index (χ0n) is 9.95. The summed E-state index contributed by atoms with van der Waals surface area (Å²) < 4.78 is 0. The highest BCUT2D eigenvalue weighted by atomic mass is 16.3. The topological polar surface area (TPSA) is 35.5 Å². The van der Waals surface area contributed by atoms with E-state index in [0.29, 0.717) is 12.0 Å². The summed E-state index contributed by atoms with van der Waals surface area (Å²) in [4.78, 5) is 2.60. The van der Waals surface area contributed by atoms with Gasteiger partial charge in [-0.2, -0.15) is 0 Å². The molecule has 0 radical (unpaired) electrons. The molecule has 3 heteroatoms. The van der Waals surface area contributed by atoms with Gasteiger partial charge in [0.1, 0.15) is 0 Å². The third-order valence-electron chi connectivity index (χ3n) is 3.96. The second-order valence-corrected chi connectivity index (χ2v) is 5.36. The minimum Gasteiger partial charge on any atom is -0.392 e. The van der Waals surface area contributed by atoms with Crippen LogP contribution < -0.4 is 5.32 Å². The number of nitrogens with one attached hydrogen (secondary N) is 1. The number of aliphatic hydroxyl groups excluding tert-OH is 1. The molecule has 2 rings (SSSR count). The molecule has 0 spiro atoms. The van der Waals surface area contributed by atoms with Crippen LogP contribution >= 0.6 is 0 Å². The number of aliphatic hydroxyl groups is 1. The monoisotopic (exact) mass is 212 g/mol. The van der Waals surface area contributed by atoms with Gasteiger partial charge in [0.05, 0.1) is 6.10 Å². The Balaban J connectivity index is 1.75. The molecular formula is C12H24N2O. The molecule has 15 heavy (non-hydrogen) atoms. The summed E-state index contributed by atoms with van der Waals surface area (Å²) in [5, 5.41) is 13.3. The fourth-order valence-electron chi connectivity index (χ4n) is 2.83. The lowest BCUT2D eigenvalue weighted by molar-refractivity contribution is 0.118. The second-order valence-electron chi connectivity index (χ2n) is 5.36. The predicted molar refractivity (Wildman–Crippen MR) is 61.8 cm³/mol. The largest absolute Gasteiger partial charge is 0.392 e. The van der Waals surface area contributed by atoms with Gasteiger partial charge in [-0.15, -0.1) is 0 Å². The molecule has 0 aromatic heterocycles. The zero-order chi connectivity index (χ0) is 10.8. The molecule has 0 bridgehead atoms. The lowest BCUT2D eigenvalue weighted by atomic mass is 10.0. The fraction of sp³-hybridized carbons (Fsp3) is 1.00. The van der Waals surface area contributed by atoms with E-state index >= 15 is 0 Å². The first-order valence-electron chi connectivity index (χ1n) is 6.34. The molecule has 0 aliphatic carbocycles. The van der Waals surface area contributed by atoms with Crippen LogP contribution in [0.3, 0.4) is 0 Å². The molecule has 2 aliphatic rings. The molecule has 0 aromatic rings. The summed E-state index contributed by atoms with van der Waals surface area (Å²) in [5.41, 5.74) is 0. The average molecular weight is 212 g/mol. The van der Waals surface area contributed by atoms with Gasteiger partial charge in [-0.05, 0) is 31.7 Å². The Hall–Kier alpha value is -0.120. The lowest BCUT2D eigenvalue weighted by Crippen LogP contribution is -2.43. The van der Waals surface area contributed by atoms with Crippen LogP contribution in [0.2, 0.25) is 0 Å². The Morgan fingerprint density at radius 1 is 1.33 bits per heavy atom. The standard InChI is InChI=1S/C12H24N2O/c1-9(2)12(15)8-13-10-5-7-14-6-3-4-11(10)14/h9-13,15H,3-8H2,1-2H3. The van der Waals surface area contributed by atoms with Crippen LogP contribution in [-0.2, 0) is 0 Å². The van der Waals surface area contributed by atoms with Crippen LogP contribution in [0.15, 0.2) is 0 Å². The van der Waals surface area contributed by atoms with Gasteiger partial charge in [0.15, 0.2) is 0 Å². The van der Waals surface area contributed by atoms with Gasteiger partial charge < -0.3 is 10.4 Å². The van der Waals surface area contributed by atoms with Gasteiger partial charge in [-0.1, -0.05) is 13.8 Å². The van der Waals surface area contributed by atoms with Gasteiger partial charge >= 0.3 is 0 Å². The number of hydrogen-bond donors (Lipinski definition) is 2. The van der Waals surface area contributed by atoms with E-state index in [1.54, 1.807) is 0 Å². The van der Waals surface area contributed by atoms with Gasteiger partial charge in [0.25, 0.3) is 0 Å². The Labute approximate surface area is 92.8 Å². The van der Waals surface area contributed by atoms with Crippen LogP contribution in [0, 0.1) is 5.92 Å². The summed E-state index contributed by atoms with van der Waals surface area (Å²) in [6.45, 7) is 7.44. The summed E-state index contributed by atoms with van der Waals surface area (Å²) in [6.07, 6.45) is 3.76. The maximum absolute atomic E-state index is 9.75. The molecule has 3 atom stereocenters. The molecule has 0 amide bonds. The number of hydrogen-bond acceptors (Lipinski definition) is 3. The molecule has 3 unspecified atom stereocenters. The normalized spacial score (nSPS) is 33.6. The first kappa shape index (κ1) is 11.4. The van der Waals surface area contributed by atoms with Crippen molar-refractivity contribution in [3.8, 4) is 0 Å². The predicted octanol–water partition coefficient (Wildman–Crippen LogP) is 0.830.